The van der Waals surface area contributed by atoms with E-state index in [4.69, 9.17) is 10.5 Å². The van der Waals surface area contributed by atoms with E-state index in [9.17, 15) is 4.79 Å². The van der Waals surface area contributed by atoms with Crippen LogP contribution in [-0.2, 0) is 9.53 Å². The summed E-state index contributed by atoms with van der Waals surface area (Å²) in [6, 6.07) is 0.0993. The Labute approximate surface area is 98.9 Å². The van der Waals surface area contributed by atoms with Gasteiger partial charge in [0.1, 0.15) is 6.61 Å². The van der Waals surface area contributed by atoms with E-state index < -0.39 is 0 Å². The number of nitrogens with one attached hydrogen (secondary N) is 1. The second kappa shape index (κ2) is 10.9. The van der Waals surface area contributed by atoms with E-state index in [-0.39, 0.29) is 18.6 Å². The standard InChI is InChI=1S/C12H26N2O2/c1-3-5-7-11(9-13)14-12(15)10-16-8-6-4-2/h11H,3-10,13H2,1-2H3,(H,14,15). The maximum absolute atomic E-state index is 11.4. The number of nitrogens with two attached hydrogens (primary N) is 1. The third kappa shape index (κ3) is 8.68. The molecule has 16 heavy (non-hydrogen) atoms. The highest BCUT2D eigenvalue weighted by atomic mass is 16.5. The van der Waals surface area contributed by atoms with Gasteiger partial charge in [-0.1, -0.05) is 33.1 Å². The largest absolute Gasteiger partial charge is 0.372 e. The molecule has 0 fully saturated rings. The van der Waals surface area contributed by atoms with Crippen LogP contribution in [0.3, 0.4) is 0 Å². The van der Waals surface area contributed by atoms with Crippen LogP contribution >= 0.6 is 0 Å². The molecule has 0 saturated carbocycles. The van der Waals surface area contributed by atoms with Gasteiger partial charge in [0, 0.05) is 19.2 Å². The van der Waals surface area contributed by atoms with Crippen molar-refractivity contribution in [3.05, 3.63) is 0 Å². The summed E-state index contributed by atoms with van der Waals surface area (Å²) < 4.78 is 5.23. The lowest BCUT2D eigenvalue weighted by Crippen LogP contribution is -2.41. The molecule has 4 nitrogen and oxygen atoms in total. The molecular formula is C12H26N2O2. The summed E-state index contributed by atoms with van der Waals surface area (Å²) in [5, 5.41) is 2.89. The Morgan fingerprint density at radius 3 is 2.56 bits per heavy atom. The Morgan fingerprint density at radius 2 is 2.00 bits per heavy atom. The predicted octanol–water partition coefficient (Wildman–Crippen LogP) is 1.44. The fraction of sp³-hybridized carbons (Fsp3) is 0.917. The molecule has 0 saturated heterocycles. The van der Waals surface area contributed by atoms with Crippen molar-refractivity contribution in [2.75, 3.05) is 19.8 Å². The van der Waals surface area contributed by atoms with Crippen LogP contribution in [0.25, 0.3) is 0 Å². The summed E-state index contributed by atoms with van der Waals surface area (Å²) >= 11 is 0. The Kier molecular flexibility index (Phi) is 10.5. The highest BCUT2D eigenvalue weighted by Gasteiger charge is 2.09. The van der Waals surface area contributed by atoms with Crippen LogP contribution in [-0.4, -0.2) is 31.7 Å². The molecule has 0 bridgehead atoms. The lowest BCUT2D eigenvalue weighted by molar-refractivity contribution is -0.126. The van der Waals surface area contributed by atoms with Crippen LogP contribution in [0.1, 0.15) is 46.0 Å². The van der Waals surface area contributed by atoms with Crippen molar-refractivity contribution in [1.29, 1.82) is 0 Å². The zero-order valence-corrected chi connectivity index (χ0v) is 10.6. The molecule has 0 aromatic carbocycles. The van der Waals surface area contributed by atoms with Crippen molar-refractivity contribution < 1.29 is 9.53 Å². The zero-order chi connectivity index (χ0) is 12.2. The summed E-state index contributed by atoms with van der Waals surface area (Å²) in [7, 11) is 0. The second-order valence-corrected chi connectivity index (χ2v) is 4.05. The Hall–Kier alpha value is -0.610. The molecule has 3 N–H and O–H groups in total. The molecule has 0 radical (unpaired) electrons. The lowest BCUT2D eigenvalue weighted by Gasteiger charge is -2.16. The predicted molar refractivity (Wildman–Crippen MR) is 66.2 cm³/mol. The first-order chi connectivity index (χ1) is 7.74. The summed E-state index contributed by atoms with van der Waals surface area (Å²) in [5.41, 5.74) is 5.58. The first-order valence-corrected chi connectivity index (χ1v) is 6.31. The highest BCUT2D eigenvalue weighted by Crippen LogP contribution is 1.99. The number of rotatable bonds is 10. The number of hydrogen-bond donors (Lipinski definition) is 2. The van der Waals surface area contributed by atoms with Gasteiger partial charge in [0.15, 0.2) is 0 Å². The van der Waals surface area contributed by atoms with Gasteiger partial charge in [-0.3, -0.25) is 4.79 Å². The topological polar surface area (TPSA) is 64.3 Å². The van der Waals surface area contributed by atoms with E-state index >= 15 is 0 Å². The van der Waals surface area contributed by atoms with Crippen LogP contribution in [0, 0.1) is 0 Å². The Balaban J connectivity index is 3.57. The number of unbranched alkanes of at least 4 members (excludes halogenated alkanes) is 2. The van der Waals surface area contributed by atoms with Crippen molar-refractivity contribution >= 4 is 5.91 Å². The maximum Gasteiger partial charge on any atom is 0.246 e. The quantitative estimate of drug-likeness (QED) is 0.558. The fourth-order valence-corrected chi connectivity index (χ4v) is 1.38. The normalized spacial score (nSPS) is 12.4. The number of ether oxygens (including phenoxy) is 1. The van der Waals surface area contributed by atoms with Crippen molar-refractivity contribution in [2.24, 2.45) is 5.73 Å². The van der Waals surface area contributed by atoms with Gasteiger partial charge in [-0.25, -0.2) is 0 Å². The number of carbonyl (C=O) groups is 1. The first kappa shape index (κ1) is 15.4. The van der Waals surface area contributed by atoms with E-state index in [0.717, 1.165) is 32.1 Å². The summed E-state index contributed by atoms with van der Waals surface area (Å²) in [6.07, 6.45) is 5.26. The van der Waals surface area contributed by atoms with E-state index in [1.54, 1.807) is 0 Å². The lowest BCUT2D eigenvalue weighted by atomic mass is 10.1. The molecule has 0 spiro atoms. The van der Waals surface area contributed by atoms with Crippen LogP contribution < -0.4 is 11.1 Å². The Morgan fingerprint density at radius 1 is 1.31 bits per heavy atom. The van der Waals surface area contributed by atoms with E-state index in [1.165, 1.54) is 0 Å². The highest BCUT2D eigenvalue weighted by molar-refractivity contribution is 5.77. The number of hydrogen-bond acceptors (Lipinski definition) is 3. The molecule has 0 aliphatic heterocycles. The average molecular weight is 230 g/mol. The van der Waals surface area contributed by atoms with Gasteiger partial charge >= 0.3 is 0 Å². The second-order valence-electron chi connectivity index (χ2n) is 4.05. The van der Waals surface area contributed by atoms with Gasteiger partial charge in [0.05, 0.1) is 0 Å². The molecule has 4 heteroatoms. The summed E-state index contributed by atoms with van der Waals surface area (Å²) in [5.74, 6) is -0.0531. The van der Waals surface area contributed by atoms with Gasteiger partial charge in [-0.2, -0.15) is 0 Å². The monoisotopic (exact) mass is 230 g/mol. The summed E-state index contributed by atoms with van der Waals surface area (Å²) in [4.78, 5) is 11.4. The molecule has 0 aliphatic carbocycles. The molecule has 0 aromatic rings. The Bertz CT molecular complexity index is 174. The van der Waals surface area contributed by atoms with Crippen molar-refractivity contribution in [2.45, 2.75) is 52.0 Å². The maximum atomic E-state index is 11.4. The molecule has 96 valence electrons. The molecule has 0 rings (SSSR count). The molecule has 0 aliphatic rings. The van der Waals surface area contributed by atoms with Crippen LogP contribution in [0.5, 0.6) is 0 Å². The molecule has 1 atom stereocenters. The van der Waals surface area contributed by atoms with Gasteiger partial charge in [0.25, 0.3) is 0 Å². The van der Waals surface area contributed by atoms with Crippen LogP contribution in [0.4, 0.5) is 0 Å². The van der Waals surface area contributed by atoms with Crippen LogP contribution in [0.15, 0.2) is 0 Å². The van der Waals surface area contributed by atoms with E-state index in [0.29, 0.717) is 13.2 Å². The average Bonchev–Trinajstić information content (AvgIpc) is 2.30. The smallest absolute Gasteiger partial charge is 0.246 e. The number of amides is 1. The van der Waals surface area contributed by atoms with Crippen molar-refractivity contribution in [1.82, 2.24) is 5.32 Å². The molecule has 0 heterocycles. The SMILES string of the molecule is CCCCOCC(=O)NC(CN)CCCC. The van der Waals surface area contributed by atoms with Gasteiger partial charge in [-0.15, -0.1) is 0 Å². The van der Waals surface area contributed by atoms with Crippen LogP contribution in [0.2, 0.25) is 0 Å². The minimum Gasteiger partial charge on any atom is -0.372 e. The minimum atomic E-state index is -0.0531. The first-order valence-electron chi connectivity index (χ1n) is 6.31. The van der Waals surface area contributed by atoms with Crippen molar-refractivity contribution in [3.63, 3.8) is 0 Å². The van der Waals surface area contributed by atoms with Gasteiger partial charge in [0.2, 0.25) is 5.91 Å². The molecule has 1 unspecified atom stereocenters. The molecule has 0 aromatic heterocycles. The number of carbonyl (C=O) groups excluding carboxylic acids is 1. The minimum absolute atomic E-state index is 0.0531. The van der Waals surface area contributed by atoms with Crippen molar-refractivity contribution in [3.8, 4) is 0 Å². The molecular weight excluding hydrogens is 204 g/mol. The molecule has 1 amide bonds. The van der Waals surface area contributed by atoms with E-state index in [1.807, 2.05) is 0 Å². The zero-order valence-electron chi connectivity index (χ0n) is 10.6. The van der Waals surface area contributed by atoms with Gasteiger partial charge in [-0.05, 0) is 12.8 Å². The summed E-state index contributed by atoms with van der Waals surface area (Å²) in [6.45, 7) is 5.54. The third-order valence-electron chi connectivity index (χ3n) is 2.43. The van der Waals surface area contributed by atoms with Gasteiger partial charge < -0.3 is 15.8 Å². The van der Waals surface area contributed by atoms with E-state index in [2.05, 4.69) is 19.2 Å². The fourth-order valence-electron chi connectivity index (χ4n) is 1.38. The third-order valence-corrected chi connectivity index (χ3v) is 2.43.